The van der Waals surface area contributed by atoms with Crippen LogP contribution in [0.15, 0.2) is 53.1 Å². The van der Waals surface area contributed by atoms with E-state index in [0.29, 0.717) is 25.7 Å². The number of hydrogen-bond acceptors (Lipinski definition) is 5. The van der Waals surface area contributed by atoms with Crippen LogP contribution in [0.4, 0.5) is 0 Å². The van der Waals surface area contributed by atoms with Crippen LogP contribution in [0.2, 0.25) is 6.32 Å². The highest BCUT2D eigenvalue weighted by Crippen LogP contribution is 2.51. The van der Waals surface area contributed by atoms with Gasteiger partial charge in [0.15, 0.2) is 0 Å². The van der Waals surface area contributed by atoms with Crippen LogP contribution in [-0.2, 0) is 14.2 Å². The number of phenols is 1. The first-order valence-electron chi connectivity index (χ1n) is 14.7. The maximum atomic E-state index is 13.4. The Labute approximate surface area is 231 Å². The topological polar surface area (TPSA) is 87.1 Å². The molecule has 2 aromatic rings. The predicted molar refractivity (Wildman–Crippen MR) is 155 cm³/mol. The largest absolute Gasteiger partial charge is 0.507 e. The quantitative estimate of drug-likeness (QED) is 0.232. The third-order valence-electron chi connectivity index (χ3n) is 8.87. The number of carbonyl (C=O) groups is 2. The normalized spacial score (nSPS) is 25.5. The molecule has 2 fully saturated rings. The molecule has 0 bridgehead atoms. The van der Waals surface area contributed by atoms with Gasteiger partial charge in [-0.1, -0.05) is 74.7 Å². The summed E-state index contributed by atoms with van der Waals surface area (Å²) in [4.78, 5) is 28.1. The number of amides is 2. The lowest BCUT2D eigenvalue weighted by molar-refractivity contribution is -0.140. The summed E-state index contributed by atoms with van der Waals surface area (Å²) in [5.41, 5.74) is 4.76. The van der Waals surface area contributed by atoms with Crippen molar-refractivity contribution < 1.29 is 24.4 Å². The van der Waals surface area contributed by atoms with Crippen molar-refractivity contribution in [1.82, 2.24) is 4.90 Å². The molecule has 0 aromatic heterocycles. The number of aromatic hydroxyl groups is 1. The minimum atomic E-state index is -0.941. The Morgan fingerprint density at radius 3 is 2.51 bits per heavy atom. The number of allylic oxidation sites excluding steroid dienone is 2. The lowest BCUT2D eigenvalue weighted by Crippen LogP contribution is -2.46. The number of rotatable bonds is 9. The zero-order valence-electron chi connectivity index (χ0n) is 23.4. The highest BCUT2D eigenvalue weighted by molar-refractivity contribution is 6.43. The van der Waals surface area contributed by atoms with Gasteiger partial charge in [-0.25, -0.2) is 0 Å². The Hall–Kier alpha value is -2.90. The summed E-state index contributed by atoms with van der Waals surface area (Å²) in [6.45, 7) is 6.74. The zero-order valence-corrected chi connectivity index (χ0v) is 23.4. The molecule has 5 rings (SSSR count). The number of fused-ring (bicyclic) bond motifs is 4. The summed E-state index contributed by atoms with van der Waals surface area (Å²) in [6.07, 6.45) is 7.98. The van der Waals surface area contributed by atoms with Crippen molar-refractivity contribution in [2.24, 2.45) is 17.8 Å². The molecule has 7 heteroatoms. The molecule has 0 unspecified atom stereocenters. The van der Waals surface area contributed by atoms with Crippen molar-refractivity contribution >= 4 is 35.8 Å². The molecule has 2 saturated heterocycles. The molecule has 2 amide bonds. The van der Waals surface area contributed by atoms with Crippen molar-refractivity contribution in [3.63, 3.8) is 0 Å². The number of phenolic OH excluding ortho intramolecular Hbond substituents is 1. The highest BCUT2D eigenvalue weighted by Gasteiger charge is 2.56. The van der Waals surface area contributed by atoms with Crippen molar-refractivity contribution in [1.29, 1.82) is 0 Å². The first-order chi connectivity index (χ1) is 18.9. The number of nitrogens with zero attached hydrogens (tertiary/aromatic N) is 1. The second-order valence-corrected chi connectivity index (χ2v) is 11.3. The summed E-state index contributed by atoms with van der Waals surface area (Å²) in [5.74, 6) is -0.666. The van der Waals surface area contributed by atoms with Crippen LogP contribution in [0.25, 0.3) is 16.8 Å². The fraction of sp³-hybridized carbons (Fsp3) is 0.500. The van der Waals surface area contributed by atoms with Gasteiger partial charge in [-0.3, -0.25) is 14.5 Å². The van der Waals surface area contributed by atoms with Gasteiger partial charge in [0, 0.05) is 11.9 Å². The van der Waals surface area contributed by atoms with E-state index in [4.69, 9.17) is 4.65 Å². The number of imide groups is 1. The molecular weight excluding hydrogens is 489 g/mol. The van der Waals surface area contributed by atoms with E-state index in [1.54, 1.807) is 6.07 Å². The van der Waals surface area contributed by atoms with Gasteiger partial charge in [0.05, 0.1) is 17.9 Å². The van der Waals surface area contributed by atoms with E-state index in [1.807, 2.05) is 37.3 Å². The summed E-state index contributed by atoms with van der Waals surface area (Å²) in [5, 5.41) is 23.0. The van der Waals surface area contributed by atoms with E-state index in [-0.39, 0.29) is 41.4 Å². The van der Waals surface area contributed by atoms with Crippen LogP contribution in [0, 0.1) is 17.8 Å². The molecule has 1 aliphatic carbocycles. The Morgan fingerprint density at radius 2 is 1.79 bits per heavy atom. The van der Waals surface area contributed by atoms with E-state index in [2.05, 4.69) is 19.9 Å². The predicted octanol–water partition coefficient (Wildman–Crippen LogP) is 6.13. The summed E-state index contributed by atoms with van der Waals surface area (Å²) >= 11 is 0. The van der Waals surface area contributed by atoms with Crippen LogP contribution >= 0.6 is 0 Å². The maximum Gasteiger partial charge on any atom is 0.455 e. The van der Waals surface area contributed by atoms with Gasteiger partial charge in [0.25, 0.3) is 0 Å². The fourth-order valence-electron chi connectivity index (χ4n) is 7.17. The molecule has 4 atom stereocenters. The average Bonchev–Trinajstić information content (AvgIpc) is 3.17. The molecule has 6 nitrogen and oxygen atoms in total. The van der Waals surface area contributed by atoms with E-state index < -0.39 is 7.12 Å². The zero-order chi connectivity index (χ0) is 27.7. The Balaban J connectivity index is 1.43. The van der Waals surface area contributed by atoms with Crippen molar-refractivity contribution in [3.8, 4) is 5.75 Å². The number of benzene rings is 2. The fourth-order valence-corrected chi connectivity index (χ4v) is 7.17. The number of carbonyl (C=O) groups excluding carboxylic acids is 2. The van der Waals surface area contributed by atoms with Gasteiger partial charge in [-0.15, -0.1) is 0 Å². The third kappa shape index (κ3) is 5.19. The molecule has 2 N–H and O–H groups in total. The van der Waals surface area contributed by atoms with Crippen molar-refractivity contribution in [3.05, 3.63) is 58.7 Å². The number of hydrogen-bond donors (Lipinski definition) is 2. The van der Waals surface area contributed by atoms with E-state index >= 15 is 0 Å². The highest BCUT2D eigenvalue weighted by atomic mass is 16.5. The second-order valence-electron chi connectivity index (χ2n) is 11.3. The van der Waals surface area contributed by atoms with Gasteiger partial charge in [0.1, 0.15) is 5.75 Å². The standard InChI is InChI=1S/C32H40BNO5/c1-4-9-20(17-22-13-14-27(35)24-11-8-7-10-23(22)24)12-15-28-29-21(6-3)18-25-30(26(29)19-33(38)39-28)32(37)34(16-5-2)31(25)36/h7-8,10-11,13-14,17,25-26,28,30,35,38H,4-6,9,12,15-16,18-19H2,1-3H3/b20-17+/t25-,26+,28-,30-/m1/s1. The minimum absolute atomic E-state index is 0.0383. The lowest BCUT2D eigenvalue weighted by Gasteiger charge is -2.43. The molecule has 206 valence electrons. The Morgan fingerprint density at radius 1 is 1.03 bits per heavy atom. The van der Waals surface area contributed by atoms with E-state index in [9.17, 15) is 19.7 Å². The van der Waals surface area contributed by atoms with Crippen LogP contribution < -0.4 is 0 Å². The molecule has 2 heterocycles. The van der Waals surface area contributed by atoms with E-state index in [1.165, 1.54) is 16.0 Å². The summed E-state index contributed by atoms with van der Waals surface area (Å²) < 4.78 is 6.17. The minimum Gasteiger partial charge on any atom is -0.507 e. The van der Waals surface area contributed by atoms with Crippen LogP contribution in [0.1, 0.15) is 71.3 Å². The third-order valence-corrected chi connectivity index (χ3v) is 8.87. The lowest BCUT2D eigenvalue weighted by atomic mass is 9.58. The molecule has 0 spiro atoms. The first-order valence-corrected chi connectivity index (χ1v) is 14.7. The monoisotopic (exact) mass is 529 g/mol. The van der Waals surface area contributed by atoms with Crippen molar-refractivity contribution in [2.75, 3.05) is 6.54 Å². The average molecular weight is 529 g/mol. The molecule has 3 aliphatic rings. The molecular formula is C32H40BNO5. The Kier molecular flexibility index (Phi) is 8.29. The van der Waals surface area contributed by atoms with E-state index in [0.717, 1.165) is 54.0 Å². The molecule has 2 aliphatic heterocycles. The molecule has 0 radical (unpaired) electrons. The second kappa shape index (κ2) is 11.7. The smallest absolute Gasteiger partial charge is 0.455 e. The van der Waals surface area contributed by atoms with Gasteiger partial charge >= 0.3 is 7.12 Å². The maximum absolute atomic E-state index is 13.4. The van der Waals surface area contributed by atoms with Crippen LogP contribution in [0.3, 0.4) is 0 Å². The summed E-state index contributed by atoms with van der Waals surface area (Å²) in [6, 6.07) is 11.6. The SMILES string of the molecule is CCC/C(=C\c1ccc(O)c2ccccc12)CC[C@H]1OB(O)C[C@H]2C1=C(CC)C[C@H]1C(=O)N(CCC)C(=O)[C@H]12. The van der Waals surface area contributed by atoms with Gasteiger partial charge in [0.2, 0.25) is 11.8 Å². The summed E-state index contributed by atoms with van der Waals surface area (Å²) in [7, 11) is -0.941. The molecule has 2 aromatic carbocycles. The van der Waals surface area contributed by atoms with Gasteiger partial charge in [-0.05, 0) is 73.4 Å². The Bertz CT molecular complexity index is 1320. The molecule has 39 heavy (non-hydrogen) atoms. The first kappa shape index (κ1) is 27.7. The molecule has 0 saturated carbocycles. The van der Waals surface area contributed by atoms with Crippen LogP contribution in [0.5, 0.6) is 5.75 Å². The number of likely N-dealkylation sites (tertiary alicyclic amines) is 1. The van der Waals surface area contributed by atoms with Gasteiger partial charge < -0.3 is 14.8 Å². The van der Waals surface area contributed by atoms with Gasteiger partial charge in [-0.2, -0.15) is 0 Å². The van der Waals surface area contributed by atoms with Crippen LogP contribution in [-0.4, -0.2) is 46.6 Å². The van der Waals surface area contributed by atoms with Crippen molar-refractivity contribution in [2.45, 2.75) is 78.1 Å².